The second-order valence-corrected chi connectivity index (χ2v) is 4.67. The number of furan rings is 1. The maximum Gasteiger partial charge on any atom is 0.108 e. The molecule has 0 saturated carbocycles. The van der Waals surface area contributed by atoms with Crippen molar-refractivity contribution in [2.45, 2.75) is 20.3 Å². The normalized spacial score (nSPS) is 10.6. The fourth-order valence-electron chi connectivity index (χ4n) is 1.54. The lowest BCUT2D eigenvalue weighted by Gasteiger charge is -1.98. The molecule has 0 saturated heterocycles. The van der Waals surface area contributed by atoms with Gasteiger partial charge in [0.1, 0.15) is 11.5 Å². The van der Waals surface area contributed by atoms with E-state index in [1.807, 2.05) is 6.92 Å². The highest BCUT2D eigenvalue weighted by molar-refractivity contribution is 9.10. The molecule has 1 nitrogen and oxygen atoms in total. The van der Waals surface area contributed by atoms with E-state index >= 15 is 0 Å². The minimum Gasteiger partial charge on any atom is -0.466 e. The Balaban J connectivity index is 2.18. The van der Waals surface area contributed by atoms with E-state index in [4.69, 9.17) is 4.42 Å². The molecule has 0 unspecified atom stereocenters. The van der Waals surface area contributed by atoms with E-state index in [-0.39, 0.29) is 0 Å². The first-order chi connectivity index (χ1) is 7.15. The molecule has 0 spiro atoms. The maximum absolute atomic E-state index is 5.64. The molecule has 0 aliphatic carbocycles. The Morgan fingerprint density at radius 3 is 2.33 bits per heavy atom. The van der Waals surface area contributed by atoms with Gasteiger partial charge in [0.15, 0.2) is 0 Å². The Bertz CT molecular complexity index is 434. The van der Waals surface area contributed by atoms with Gasteiger partial charge in [-0.1, -0.05) is 28.1 Å². The molecule has 0 aliphatic rings. The average Bonchev–Trinajstić information content (AvgIpc) is 2.50. The van der Waals surface area contributed by atoms with Gasteiger partial charge < -0.3 is 4.42 Å². The van der Waals surface area contributed by atoms with E-state index < -0.39 is 0 Å². The summed E-state index contributed by atoms with van der Waals surface area (Å²) in [5, 5.41) is 0. The molecule has 0 N–H and O–H groups in total. The molecule has 0 atom stereocenters. The number of halogens is 1. The number of aryl methyl sites for hydroxylation is 2. The van der Waals surface area contributed by atoms with Crippen molar-refractivity contribution >= 4 is 15.9 Å². The summed E-state index contributed by atoms with van der Waals surface area (Å²) in [6.07, 6.45) is 0.863. The second-order valence-electron chi connectivity index (χ2n) is 3.76. The van der Waals surface area contributed by atoms with Crippen LogP contribution >= 0.6 is 15.9 Å². The zero-order valence-electron chi connectivity index (χ0n) is 8.88. The van der Waals surface area contributed by atoms with E-state index in [2.05, 4.69) is 53.2 Å². The number of hydrogen-bond donors (Lipinski definition) is 0. The van der Waals surface area contributed by atoms with Crippen molar-refractivity contribution in [3.63, 3.8) is 0 Å². The largest absolute Gasteiger partial charge is 0.466 e. The van der Waals surface area contributed by atoms with Crippen LogP contribution in [0.4, 0.5) is 0 Å². The van der Waals surface area contributed by atoms with Gasteiger partial charge in [-0.25, -0.2) is 0 Å². The molecule has 2 heteroatoms. The molecule has 1 heterocycles. The first-order valence-corrected chi connectivity index (χ1v) is 5.75. The summed E-state index contributed by atoms with van der Waals surface area (Å²) in [6, 6.07) is 10.4. The van der Waals surface area contributed by atoms with Crippen LogP contribution in [0.25, 0.3) is 0 Å². The highest BCUT2D eigenvalue weighted by atomic mass is 79.9. The van der Waals surface area contributed by atoms with Crippen LogP contribution in [0.3, 0.4) is 0 Å². The zero-order valence-corrected chi connectivity index (χ0v) is 10.5. The van der Waals surface area contributed by atoms with Gasteiger partial charge in [-0.15, -0.1) is 0 Å². The summed E-state index contributed by atoms with van der Waals surface area (Å²) in [6.45, 7) is 4.07. The molecule has 0 radical (unpaired) electrons. The first kappa shape index (κ1) is 10.5. The number of rotatable bonds is 2. The minimum atomic E-state index is 0.863. The van der Waals surface area contributed by atoms with Crippen molar-refractivity contribution in [3.8, 4) is 0 Å². The Morgan fingerprint density at radius 1 is 1.13 bits per heavy atom. The van der Waals surface area contributed by atoms with Crippen LogP contribution in [0.1, 0.15) is 22.6 Å². The van der Waals surface area contributed by atoms with Crippen LogP contribution in [0.15, 0.2) is 39.2 Å². The molecule has 1 aromatic carbocycles. The Kier molecular flexibility index (Phi) is 2.96. The fraction of sp³-hybridized carbons (Fsp3) is 0.231. The van der Waals surface area contributed by atoms with Crippen molar-refractivity contribution in [1.82, 2.24) is 0 Å². The quantitative estimate of drug-likeness (QED) is 0.791. The third-order valence-electron chi connectivity index (χ3n) is 2.51. The molecule has 2 aromatic rings. The summed E-state index contributed by atoms with van der Waals surface area (Å²) >= 11 is 3.42. The van der Waals surface area contributed by atoms with Gasteiger partial charge in [0.2, 0.25) is 0 Å². The van der Waals surface area contributed by atoms with Gasteiger partial charge in [0.25, 0.3) is 0 Å². The van der Waals surface area contributed by atoms with Crippen LogP contribution < -0.4 is 0 Å². The van der Waals surface area contributed by atoms with Crippen molar-refractivity contribution in [2.75, 3.05) is 0 Å². The van der Waals surface area contributed by atoms with Gasteiger partial charge in [0.05, 0.1) is 0 Å². The molecule has 0 fully saturated rings. The molecule has 0 bridgehead atoms. The molecule has 0 amide bonds. The second kappa shape index (κ2) is 4.23. The SMILES string of the molecule is Cc1cc(Cc2ccc(Br)cc2)oc1C. The lowest BCUT2D eigenvalue weighted by atomic mass is 10.1. The van der Waals surface area contributed by atoms with E-state index in [0.29, 0.717) is 0 Å². The first-order valence-electron chi connectivity index (χ1n) is 4.95. The van der Waals surface area contributed by atoms with E-state index in [1.54, 1.807) is 0 Å². The van der Waals surface area contributed by atoms with Crippen LogP contribution in [0, 0.1) is 13.8 Å². The summed E-state index contributed by atoms with van der Waals surface area (Å²) in [5.74, 6) is 2.05. The Hall–Kier alpha value is -1.02. The monoisotopic (exact) mass is 264 g/mol. The smallest absolute Gasteiger partial charge is 0.108 e. The third-order valence-corrected chi connectivity index (χ3v) is 3.04. The van der Waals surface area contributed by atoms with Gasteiger partial charge >= 0.3 is 0 Å². The summed E-state index contributed by atoms with van der Waals surface area (Å²) in [7, 11) is 0. The van der Waals surface area contributed by atoms with Crippen LogP contribution in [-0.2, 0) is 6.42 Å². The highest BCUT2D eigenvalue weighted by Crippen LogP contribution is 2.18. The lowest BCUT2D eigenvalue weighted by Crippen LogP contribution is -1.84. The maximum atomic E-state index is 5.64. The van der Waals surface area contributed by atoms with Crippen LogP contribution in [0.2, 0.25) is 0 Å². The minimum absolute atomic E-state index is 0.863. The number of benzene rings is 1. The third kappa shape index (κ3) is 2.51. The van der Waals surface area contributed by atoms with Crippen molar-refractivity contribution < 1.29 is 4.42 Å². The van der Waals surface area contributed by atoms with Gasteiger partial charge in [-0.2, -0.15) is 0 Å². The summed E-state index contributed by atoms with van der Waals surface area (Å²) < 4.78 is 6.75. The lowest BCUT2D eigenvalue weighted by molar-refractivity contribution is 0.491. The van der Waals surface area contributed by atoms with Crippen molar-refractivity contribution in [2.24, 2.45) is 0 Å². The van der Waals surface area contributed by atoms with E-state index in [1.165, 1.54) is 11.1 Å². The Labute approximate surface area is 98.2 Å². The van der Waals surface area contributed by atoms with Gasteiger partial charge in [0, 0.05) is 10.9 Å². The summed E-state index contributed by atoms with van der Waals surface area (Å²) in [5.41, 5.74) is 2.49. The van der Waals surface area contributed by atoms with E-state index in [9.17, 15) is 0 Å². The molecular weight excluding hydrogens is 252 g/mol. The van der Waals surface area contributed by atoms with Gasteiger partial charge in [-0.3, -0.25) is 0 Å². The zero-order chi connectivity index (χ0) is 10.8. The molecule has 78 valence electrons. The predicted molar refractivity (Wildman–Crippen MR) is 65.1 cm³/mol. The summed E-state index contributed by atoms with van der Waals surface area (Å²) in [4.78, 5) is 0. The molecule has 15 heavy (non-hydrogen) atoms. The topological polar surface area (TPSA) is 13.1 Å². The van der Waals surface area contributed by atoms with Crippen LogP contribution in [0.5, 0.6) is 0 Å². The van der Waals surface area contributed by atoms with Crippen molar-refractivity contribution in [1.29, 1.82) is 0 Å². The van der Waals surface area contributed by atoms with Crippen LogP contribution in [-0.4, -0.2) is 0 Å². The molecular formula is C13H13BrO. The van der Waals surface area contributed by atoms with Crippen molar-refractivity contribution in [3.05, 3.63) is 57.5 Å². The predicted octanol–water partition coefficient (Wildman–Crippen LogP) is 4.25. The van der Waals surface area contributed by atoms with Gasteiger partial charge in [-0.05, 0) is 43.2 Å². The molecule has 1 aromatic heterocycles. The molecule has 0 aliphatic heterocycles. The Morgan fingerprint density at radius 2 is 1.80 bits per heavy atom. The standard InChI is InChI=1S/C13H13BrO/c1-9-7-13(15-10(9)2)8-11-3-5-12(14)6-4-11/h3-7H,8H2,1-2H3. The van der Waals surface area contributed by atoms with E-state index in [0.717, 1.165) is 22.4 Å². The molecule has 2 rings (SSSR count). The average molecular weight is 265 g/mol. The number of hydrogen-bond acceptors (Lipinski definition) is 1. The highest BCUT2D eigenvalue weighted by Gasteiger charge is 2.04. The fourth-order valence-corrected chi connectivity index (χ4v) is 1.80.